The molecule has 2 aliphatic rings. The van der Waals surface area contributed by atoms with Crippen LogP contribution in [0.5, 0.6) is 0 Å². The summed E-state index contributed by atoms with van der Waals surface area (Å²) in [7, 11) is 0. The van der Waals surface area contributed by atoms with Gasteiger partial charge in [-0.05, 0) is 71.3 Å². The highest BCUT2D eigenvalue weighted by molar-refractivity contribution is 7.07. The number of carbonyl (C=O) groups is 1. The molecule has 2 atom stereocenters. The molecule has 0 N–H and O–H groups in total. The fourth-order valence-electron chi connectivity index (χ4n) is 6.06. The van der Waals surface area contributed by atoms with Crippen molar-refractivity contribution in [3.05, 3.63) is 93.7 Å². The molecular weight excluding hydrogens is 436 g/mol. The maximum absolute atomic E-state index is 13.8. The van der Waals surface area contributed by atoms with Crippen molar-refractivity contribution in [2.75, 3.05) is 19.6 Å². The summed E-state index contributed by atoms with van der Waals surface area (Å²) in [4.78, 5) is 18.7. The summed E-state index contributed by atoms with van der Waals surface area (Å²) >= 11 is 1.77. The molecule has 1 aromatic heterocycles. The van der Waals surface area contributed by atoms with E-state index in [4.69, 9.17) is 0 Å². The maximum atomic E-state index is 13.8. The first-order chi connectivity index (χ1) is 16.7. The fourth-order valence-corrected chi connectivity index (χ4v) is 6.72. The van der Waals surface area contributed by atoms with E-state index in [1.165, 1.54) is 36.0 Å². The van der Waals surface area contributed by atoms with E-state index in [1.54, 1.807) is 11.3 Å². The number of thiophene rings is 1. The lowest BCUT2D eigenvalue weighted by Gasteiger charge is -2.37. The lowest BCUT2D eigenvalue weighted by molar-refractivity contribution is 0.0588. The molecule has 1 amide bonds. The molecular formula is C30H36N2OS. The zero-order chi connectivity index (χ0) is 23.3. The van der Waals surface area contributed by atoms with Crippen LogP contribution in [0.3, 0.4) is 0 Å². The molecule has 1 aliphatic carbocycles. The number of amides is 1. The molecule has 0 spiro atoms. The Kier molecular flexibility index (Phi) is 7.46. The van der Waals surface area contributed by atoms with Crippen LogP contribution in [-0.4, -0.2) is 41.4 Å². The van der Waals surface area contributed by atoms with E-state index in [2.05, 4.69) is 57.8 Å². The van der Waals surface area contributed by atoms with Gasteiger partial charge >= 0.3 is 0 Å². The molecule has 34 heavy (non-hydrogen) atoms. The molecule has 2 aromatic carbocycles. The predicted octanol–water partition coefficient (Wildman–Crippen LogP) is 6.75. The van der Waals surface area contributed by atoms with Gasteiger partial charge in [-0.1, -0.05) is 61.7 Å². The quantitative estimate of drug-likeness (QED) is 0.380. The van der Waals surface area contributed by atoms with Gasteiger partial charge in [0, 0.05) is 43.7 Å². The first kappa shape index (κ1) is 23.3. The summed E-state index contributed by atoms with van der Waals surface area (Å²) in [5.74, 6) is 1.11. The van der Waals surface area contributed by atoms with Crippen molar-refractivity contribution in [1.29, 1.82) is 0 Å². The number of hydrogen-bond acceptors (Lipinski definition) is 3. The summed E-state index contributed by atoms with van der Waals surface area (Å²) in [6.45, 7) is 6.18. The maximum Gasteiger partial charge on any atom is 0.254 e. The van der Waals surface area contributed by atoms with Crippen LogP contribution in [-0.2, 0) is 6.54 Å². The lowest BCUT2D eigenvalue weighted by atomic mass is 9.85. The highest BCUT2D eigenvalue weighted by atomic mass is 32.1. The van der Waals surface area contributed by atoms with Crippen LogP contribution in [0.1, 0.15) is 65.1 Å². The molecule has 2 heterocycles. The third kappa shape index (κ3) is 5.29. The van der Waals surface area contributed by atoms with E-state index in [-0.39, 0.29) is 5.91 Å². The summed E-state index contributed by atoms with van der Waals surface area (Å²) in [6, 6.07) is 21.4. The molecule has 3 nitrogen and oxygen atoms in total. The molecule has 4 heteroatoms. The van der Waals surface area contributed by atoms with Crippen LogP contribution >= 0.6 is 11.3 Å². The second-order valence-electron chi connectivity index (χ2n) is 10.2. The average molecular weight is 473 g/mol. The molecule has 3 aromatic rings. The molecule has 2 fully saturated rings. The highest BCUT2D eigenvalue weighted by Gasteiger charge is 2.38. The zero-order valence-corrected chi connectivity index (χ0v) is 21.1. The van der Waals surface area contributed by atoms with Crippen LogP contribution in [0.4, 0.5) is 0 Å². The van der Waals surface area contributed by atoms with E-state index in [0.29, 0.717) is 17.9 Å². The Morgan fingerprint density at radius 3 is 2.47 bits per heavy atom. The third-order valence-corrected chi connectivity index (χ3v) is 8.55. The Balaban J connectivity index is 1.42. The largest absolute Gasteiger partial charge is 0.335 e. The third-order valence-electron chi connectivity index (χ3n) is 7.82. The second kappa shape index (κ2) is 10.9. The Bertz CT molecular complexity index is 1060. The van der Waals surface area contributed by atoms with Crippen LogP contribution < -0.4 is 0 Å². The SMILES string of the molecule is Cc1ccccc1[C@@H]1CN(Cc2ccsc2)C[C@H]1CN(C(=O)c1ccccc1)C1CCCCC1. The van der Waals surface area contributed by atoms with Gasteiger partial charge in [-0.3, -0.25) is 9.69 Å². The number of nitrogens with zero attached hydrogens (tertiary/aromatic N) is 2. The van der Waals surface area contributed by atoms with Gasteiger partial charge in [-0.25, -0.2) is 0 Å². The van der Waals surface area contributed by atoms with E-state index >= 15 is 0 Å². The Hall–Kier alpha value is -2.43. The fraction of sp³-hybridized carbons (Fsp3) is 0.433. The molecule has 5 rings (SSSR count). The summed E-state index contributed by atoms with van der Waals surface area (Å²) in [5.41, 5.74) is 5.05. The van der Waals surface area contributed by atoms with Crippen molar-refractivity contribution >= 4 is 17.2 Å². The minimum absolute atomic E-state index is 0.215. The van der Waals surface area contributed by atoms with Crippen molar-refractivity contribution in [3.8, 4) is 0 Å². The Morgan fingerprint density at radius 2 is 1.74 bits per heavy atom. The zero-order valence-electron chi connectivity index (χ0n) is 20.2. The Morgan fingerprint density at radius 1 is 0.971 bits per heavy atom. The van der Waals surface area contributed by atoms with E-state index in [9.17, 15) is 4.79 Å². The van der Waals surface area contributed by atoms with Gasteiger partial charge in [-0.2, -0.15) is 11.3 Å². The standard InChI is InChI=1S/C30H36N2OS/c1-23-10-8-9-15-28(23)29-21-31(18-24-16-17-34-22-24)19-26(29)20-32(27-13-6-3-7-14-27)30(33)25-11-4-2-5-12-25/h2,4-5,8-12,15-17,22,26-27,29H,3,6-7,13-14,18-21H2,1H3/t26-,29+/m0/s1. The number of likely N-dealkylation sites (tertiary alicyclic amines) is 1. The van der Waals surface area contributed by atoms with Gasteiger partial charge in [0.1, 0.15) is 0 Å². The molecule has 0 unspecified atom stereocenters. The van der Waals surface area contributed by atoms with Gasteiger partial charge in [0.25, 0.3) is 5.91 Å². The van der Waals surface area contributed by atoms with Gasteiger partial charge in [0.15, 0.2) is 0 Å². The molecule has 0 radical (unpaired) electrons. The molecule has 1 aliphatic heterocycles. The van der Waals surface area contributed by atoms with Crippen molar-refractivity contribution in [3.63, 3.8) is 0 Å². The Labute approximate surface area is 208 Å². The number of rotatable bonds is 7. The van der Waals surface area contributed by atoms with Crippen LogP contribution in [0.2, 0.25) is 0 Å². The molecule has 1 saturated carbocycles. The van der Waals surface area contributed by atoms with E-state index in [0.717, 1.165) is 44.6 Å². The lowest BCUT2D eigenvalue weighted by Crippen LogP contribution is -2.45. The topological polar surface area (TPSA) is 23.6 Å². The minimum atomic E-state index is 0.215. The predicted molar refractivity (Wildman–Crippen MR) is 141 cm³/mol. The van der Waals surface area contributed by atoms with Crippen LogP contribution in [0, 0.1) is 12.8 Å². The number of benzene rings is 2. The van der Waals surface area contributed by atoms with Crippen molar-refractivity contribution < 1.29 is 4.79 Å². The van der Waals surface area contributed by atoms with E-state index < -0.39 is 0 Å². The average Bonchev–Trinajstić information content (AvgIpc) is 3.53. The molecule has 0 bridgehead atoms. The van der Waals surface area contributed by atoms with Gasteiger partial charge in [0.2, 0.25) is 0 Å². The van der Waals surface area contributed by atoms with Crippen LogP contribution in [0.15, 0.2) is 71.4 Å². The van der Waals surface area contributed by atoms with Gasteiger partial charge < -0.3 is 4.90 Å². The normalized spacial score (nSPS) is 21.6. The number of carbonyl (C=O) groups excluding carboxylic acids is 1. The van der Waals surface area contributed by atoms with Crippen molar-refractivity contribution in [2.45, 2.75) is 57.5 Å². The van der Waals surface area contributed by atoms with Gasteiger partial charge in [0.05, 0.1) is 0 Å². The van der Waals surface area contributed by atoms with Crippen molar-refractivity contribution in [1.82, 2.24) is 9.80 Å². The van der Waals surface area contributed by atoms with E-state index in [1.807, 2.05) is 30.3 Å². The molecule has 178 valence electrons. The first-order valence-electron chi connectivity index (χ1n) is 12.8. The minimum Gasteiger partial charge on any atom is -0.335 e. The smallest absolute Gasteiger partial charge is 0.254 e. The summed E-state index contributed by atoms with van der Waals surface area (Å²) < 4.78 is 0. The monoisotopic (exact) mass is 472 g/mol. The highest BCUT2D eigenvalue weighted by Crippen LogP contribution is 2.37. The summed E-state index contributed by atoms with van der Waals surface area (Å²) in [5, 5.41) is 4.44. The number of hydrogen-bond donors (Lipinski definition) is 0. The summed E-state index contributed by atoms with van der Waals surface area (Å²) in [6.07, 6.45) is 6.05. The first-order valence-corrected chi connectivity index (χ1v) is 13.8. The number of aryl methyl sites for hydroxylation is 1. The van der Waals surface area contributed by atoms with Gasteiger partial charge in [-0.15, -0.1) is 0 Å². The second-order valence-corrected chi connectivity index (χ2v) is 10.9. The van der Waals surface area contributed by atoms with Crippen LogP contribution in [0.25, 0.3) is 0 Å². The van der Waals surface area contributed by atoms with Crippen molar-refractivity contribution in [2.24, 2.45) is 5.92 Å². The molecule has 1 saturated heterocycles.